The van der Waals surface area contributed by atoms with Crippen LogP contribution < -0.4 is 0 Å². The molecule has 1 aromatic rings. The van der Waals surface area contributed by atoms with Gasteiger partial charge in [-0.2, -0.15) is 8.42 Å². The van der Waals surface area contributed by atoms with Gasteiger partial charge in [0.1, 0.15) is 0 Å². The summed E-state index contributed by atoms with van der Waals surface area (Å²) >= 11 is 0. The van der Waals surface area contributed by atoms with Crippen LogP contribution in [0.3, 0.4) is 0 Å². The fourth-order valence-corrected chi connectivity index (χ4v) is 1.72. The van der Waals surface area contributed by atoms with Gasteiger partial charge in [-0.3, -0.25) is 9.59 Å². The molecule has 1 aromatic carbocycles. The normalized spacial score (nSPS) is 10.7. The van der Waals surface area contributed by atoms with Crippen molar-refractivity contribution in [2.75, 3.05) is 0 Å². The summed E-state index contributed by atoms with van der Waals surface area (Å²) < 4.78 is 26.2. The molecule has 0 fully saturated rings. The fraction of sp³-hybridized carbons (Fsp3) is 0.111. The highest BCUT2D eigenvalue weighted by molar-refractivity contribution is 8.02. The zero-order valence-corrected chi connectivity index (χ0v) is 8.65. The van der Waals surface area contributed by atoms with Crippen LogP contribution in [0.15, 0.2) is 30.3 Å². The van der Waals surface area contributed by atoms with Gasteiger partial charge in [-0.05, 0) is 0 Å². The number of hydrogen-bond donors (Lipinski definition) is 0. The molecule has 0 bridgehead atoms. The Balaban J connectivity index is 3.01. The van der Waals surface area contributed by atoms with Gasteiger partial charge in [-0.15, -0.1) is 0 Å². The van der Waals surface area contributed by atoms with Crippen molar-refractivity contribution in [1.29, 1.82) is 0 Å². The highest BCUT2D eigenvalue weighted by Crippen LogP contribution is 2.07. The van der Waals surface area contributed by atoms with E-state index < -0.39 is 21.2 Å². The van der Waals surface area contributed by atoms with E-state index in [-0.39, 0.29) is 5.56 Å². The van der Waals surface area contributed by atoms with Crippen molar-refractivity contribution in [3.63, 3.8) is 0 Å². The molecule has 0 amide bonds. The van der Waals surface area contributed by atoms with E-state index in [1.807, 2.05) is 0 Å². The predicted molar refractivity (Wildman–Crippen MR) is 51.5 cm³/mol. The van der Waals surface area contributed by atoms with Crippen LogP contribution in [0.25, 0.3) is 0 Å². The lowest BCUT2D eigenvalue weighted by Crippen LogP contribution is -2.20. The molecule has 1 rings (SSSR count). The van der Waals surface area contributed by atoms with Crippen LogP contribution in [0.4, 0.5) is 0 Å². The second-order valence-corrected chi connectivity index (χ2v) is 4.13. The van der Waals surface area contributed by atoms with Gasteiger partial charge >= 0.3 is 21.2 Å². The maximum atomic E-state index is 11.3. The maximum Gasteiger partial charge on any atom is 0.380 e. The smallest absolute Gasteiger partial charge is 0.340 e. The molecule has 0 aromatic heterocycles. The molecule has 0 aliphatic heterocycles. The second-order valence-electron chi connectivity index (χ2n) is 2.68. The molecule has 80 valence electrons. The molecule has 0 aliphatic carbocycles. The number of carbonyl (C=O) groups is 2. The first-order valence-electron chi connectivity index (χ1n) is 3.98. The van der Waals surface area contributed by atoms with E-state index in [2.05, 4.69) is 4.18 Å². The highest BCUT2D eigenvalue weighted by atomic mass is 32.2. The van der Waals surface area contributed by atoms with Gasteiger partial charge in [0.2, 0.25) is 0 Å². The zero-order valence-electron chi connectivity index (χ0n) is 7.84. The molecule has 0 unspecified atom stereocenters. The molecule has 0 N–H and O–H groups in total. The van der Waals surface area contributed by atoms with Crippen LogP contribution in [0.1, 0.15) is 17.3 Å². The van der Waals surface area contributed by atoms with E-state index in [9.17, 15) is 18.0 Å². The van der Waals surface area contributed by atoms with E-state index >= 15 is 0 Å². The van der Waals surface area contributed by atoms with E-state index in [4.69, 9.17) is 0 Å². The van der Waals surface area contributed by atoms with E-state index in [0.717, 1.165) is 6.92 Å². The first-order chi connectivity index (χ1) is 6.93. The molecule has 0 heterocycles. The summed E-state index contributed by atoms with van der Waals surface area (Å²) in [6.07, 6.45) is 0. The van der Waals surface area contributed by atoms with Crippen LogP contribution in [0.2, 0.25) is 0 Å². The van der Waals surface area contributed by atoms with Crippen molar-refractivity contribution in [2.45, 2.75) is 6.92 Å². The van der Waals surface area contributed by atoms with Gasteiger partial charge < -0.3 is 4.18 Å². The Morgan fingerprint density at radius 2 is 1.67 bits per heavy atom. The largest absolute Gasteiger partial charge is 0.380 e. The average Bonchev–Trinajstić information content (AvgIpc) is 2.16. The maximum absolute atomic E-state index is 11.3. The van der Waals surface area contributed by atoms with Gasteiger partial charge in [-0.1, -0.05) is 30.3 Å². The van der Waals surface area contributed by atoms with Crippen LogP contribution in [0, 0.1) is 0 Å². The van der Waals surface area contributed by atoms with E-state index in [1.165, 1.54) is 24.3 Å². The summed E-state index contributed by atoms with van der Waals surface area (Å²) in [6, 6.07) is 7.30. The van der Waals surface area contributed by atoms with Crippen molar-refractivity contribution >= 4 is 21.2 Å². The van der Waals surface area contributed by atoms with Gasteiger partial charge in [-0.25, -0.2) is 0 Å². The van der Waals surface area contributed by atoms with E-state index in [0.29, 0.717) is 0 Å². The summed E-state index contributed by atoms with van der Waals surface area (Å²) in [6.45, 7) is 0.913. The molecule has 5 nitrogen and oxygen atoms in total. The van der Waals surface area contributed by atoms with Gasteiger partial charge in [0.25, 0.3) is 0 Å². The Morgan fingerprint density at radius 1 is 1.13 bits per heavy atom. The van der Waals surface area contributed by atoms with Crippen molar-refractivity contribution in [3.8, 4) is 0 Å². The third-order valence-corrected chi connectivity index (χ3v) is 2.61. The number of benzene rings is 1. The Morgan fingerprint density at radius 3 is 2.13 bits per heavy atom. The Kier molecular flexibility index (Phi) is 3.21. The fourth-order valence-electron chi connectivity index (χ4n) is 0.911. The van der Waals surface area contributed by atoms with Crippen molar-refractivity contribution in [1.82, 2.24) is 0 Å². The molecule has 0 atom stereocenters. The number of rotatable bonds is 1. The highest BCUT2D eigenvalue weighted by Gasteiger charge is 2.26. The first kappa shape index (κ1) is 11.4. The lowest BCUT2D eigenvalue weighted by Gasteiger charge is -2.01. The minimum absolute atomic E-state index is 0.0428. The molecular weight excluding hydrogens is 220 g/mol. The van der Waals surface area contributed by atoms with Crippen molar-refractivity contribution in [3.05, 3.63) is 35.9 Å². The molecule has 6 heteroatoms. The third-order valence-electron chi connectivity index (χ3n) is 1.46. The summed E-state index contributed by atoms with van der Waals surface area (Å²) in [4.78, 5) is 21.8. The first-order valence-corrected chi connectivity index (χ1v) is 5.39. The minimum atomic E-state index is -4.50. The lowest BCUT2D eigenvalue weighted by atomic mass is 10.2. The Bertz CT molecular complexity index is 474. The topological polar surface area (TPSA) is 77.5 Å². The molecule has 0 aliphatic rings. The molecule has 0 saturated carbocycles. The van der Waals surface area contributed by atoms with E-state index in [1.54, 1.807) is 6.07 Å². The second kappa shape index (κ2) is 4.22. The molecule has 15 heavy (non-hydrogen) atoms. The third kappa shape index (κ3) is 2.88. The van der Waals surface area contributed by atoms with Crippen LogP contribution >= 0.6 is 0 Å². The summed E-state index contributed by atoms with van der Waals surface area (Å²) in [7, 11) is -4.50. The summed E-state index contributed by atoms with van der Waals surface area (Å²) in [5.74, 6) is -1.04. The predicted octanol–water partition coefficient (Wildman–Crippen LogP) is 0.720. The van der Waals surface area contributed by atoms with Crippen molar-refractivity contribution < 1.29 is 22.2 Å². The minimum Gasteiger partial charge on any atom is -0.340 e. The summed E-state index contributed by atoms with van der Waals surface area (Å²) in [5, 5.41) is -1.22. The SMILES string of the molecule is CC(=O)OS(=O)(=O)C(=O)c1ccccc1. The summed E-state index contributed by atoms with van der Waals surface area (Å²) in [5.41, 5.74) is -0.0428. The Hall–Kier alpha value is -1.69. The monoisotopic (exact) mass is 228 g/mol. The standard InChI is InChI=1S/C9H8O5S/c1-7(10)14-15(12,13)9(11)8-5-3-2-4-6-8/h2-6H,1H3. The average molecular weight is 228 g/mol. The van der Waals surface area contributed by atoms with Crippen molar-refractivity contribution in [2.24, 2.45) is 0 Å². The molecule has 0 spiro atoms. The molecule has 0 radical (unpaired) electrons. The van der Waals surface area contributed by atoms with Crippen LogP contribution in [-0.4, -0.2) is 19.5 Å². The zero-order chi connectivity index (χ0) is 11.5. The number of carbonyl (C=O) groups excluding carboxylic acids is 2. The van der Waals surface area contributed by atoms with Gasteiger partial charge in [0.15, 0.2) is 0 Å². The molecular formula is C9H8O5S. The molecule has 0 saturated heterocycles. The van der Waals surface area contributed by atoms with Crippen LogP contribution in [0.5, 0.6) is 0 Å². The van der Waals surface area contributed by atoms with Gasteiger partial charge in [0, 0.05) is 12.5 Å². The quantitative estimate of drug-likeness (QED) is 0.662. The van der Waals surface area contributed by atoms with Crippen LogP contribution in [-0.2, 0) is 19.1 Å². The lowest BCUT2D eigenvalue weighted by molar-refractivity contribution is -0.131. The Labute approximate surface area is 86.8 Å². The van der Waals surface area contributed by atoms with Gasteiger partial charge in [0.05, 0.1) is 0 Å². The number of hydrogen-bond acceptors (Lipinski definition) is 5.